The topological polar surface area (TPSA) is 18.5 Å². The van der Waals surface area contributed by atoms with Crippen molar-refractivity contribution in [3.63, 3.8) is 0 Å². The average Bonchev–Trinajstić information content (AvgIpc) is 2.64. The van der Waals surface area contributed by atoms with Crippen molar-refractivity contribution < 1.29 is 13.9 Å². The van der Waals surface area contributed by atoms with Crippen molar-refractivity contribution >= 4 is 0 Å². The number of hydrogen-bond donors (Lipinski definition) is 0. The van der Waals surface area contributed by atoms with Crippen LogP contribution in [0, 0.1) is 11.7 Å². The fraction of sp³-hybridized carbons (Fsp3) is 0.333. The van der Waals surface area contributed by atoms with Gasteiger partial charge in [-0.3, -0.25) is 0 Å². The Bertz CT molecular complexity index is 685. The quantitative estimate of drug-likeness (QED) is 0.671. The van der Waals surface area contributed by atoms with Gasteiger partial charge < -0.3 is 9.47 Å². The Hall–Kier alpha value is -2.13. The molecule has 3 rings (SSSR count). The van der Waals surface area contributed by atoms with E-state index in [0.717, 1.165) is 30.6 Å². The summed E-state index contributed by atoms with van der Waals surface area (Å²) in [6.07, 6.45) is 4.24. The third kappa shape index (κ3) is 3.68. The second-order valence-electron chi connectivity index (χ2n) is 6.10. The van der Waals surface area contributed by atoms with Crippen molar-refractivity contribution in [3.05, 3.63) is 66.5 Å². The molecule has 2 atom stereocenters. The van der Waals surface area contributed by atoms with Crippen LogP contribution in [0.15, 0.2) is 55.1 Å². The third-order valence-electron chi connectivity index (χ3n) is 4.49. The molecule has 0 spiro atoms. The molecule has 2 nitrogen and oxygen atoms in total. The summed E-state index contributed by atoms with van der Waals surface area (Å²) in [5.74, 6) is 0.433. The van der Waals surface area contributed by atoms with Gasteiger partial charge in [-0.25, -0.2) is 4.39 Å². The van der Waals surface area contributed by atoms with Crippen molar-refractivity contribution in [1.82, 2.24) is 0 Å². The first kappa shape index (κ1) is 16.7. The lowest BCUT2D eigenvalue weighted by atomic mass is 9.94. The minimum absolute atomic E-state index is 0.146. The zero-order chi connectivity index (χ0) is 16.9. The zero-order valence-corrected chi connectivity index (χ0v) is 14.0. The Morgan fingerprint density at radius 1 is 1.17 bits per heavy atom. The Morgan fingerprint density at radius 2 is 1.92 bits per heavy atom. The van der Waals surface area contributed by atoms with Crippen molar-refractivity contribution in [2.75, 3.05) is 13.2 Å². The van der Waals surface area contributed by atoms with Crippen LogP contribution in [-0.4, -0.2) is 13.2 Å². The molecule has 1 fully saturated rings. The van der Waals surface area contributed by atoms with Crippen LogP contribution in [0.4, 0.5) is 4.39 Å². The molecule has 0 radical (unpaired) electrons. The molecule has 0 amide bonds. The Kier molecular flexibility index (Phi) is 5.31. The van der Waals surface area contributed by atoms with Crippen LogP contribution < -0.4 is 4.74 Å². The maximum absolute atomic E-state index is 14.0. The summed E-state index contributed by atoms with van der Waals surface area (Å²) < 4.78 is 25.2. The van der Waals surface area contributed by atoms with E-state index < -0.39 is 0 Å². The van der Waals surface area contributed by atoms with Crippen LogP contribution in [0.5, 0.6) is 5.75 Å². The highest BCUT2D eigenvalue weighted by atomic mass is 19.1. The second kappa shape index (κ2) is 7.63. The number of benzene rings is 2. The molecule has 2 aromatic rings. The standard InChI is InChI=1S/C21H23FO2/c1-3-15-5-11-20(24-14-15)17-8-6-16(7-9-17)18-10-12-21(23-4-2)19(22)13-18/h3,6-10,12-13,15,20H,1,4-5,11,14H2,2H3. The molecule has 1 saturated heterocycles. The Labute approximate surface area is 142 Å². The van der Waals surface area contributed by atoms with Crippen LogP contribution in [-0.2, 0) is 4.74 Å². The smallest absolute Gasteiger partial charge is 0.165 e. The van der Waals surface area contributed by atoms with Crippen LogP contribution in [0.2, 0.25) is 0 Å². The molecule has 0 aliphatic carbocycles. The monoisotopic (exact) mass is 326 g/mol. The SMILES string of the molecule is C=CC1CCC(c2ccc(-c3ccc(OCC)c(F)c3)cc2)OC1. The van der Waals surface area contributed by atoms with Gasteiger partial charge in [-0.1, -0.05) is 36.4 Å². The third-order valence-corrected chi connectivity index (χ3v) is 4.49. The molecule has 0 bridgehead atoms. The Balaban J connectivity index is 1.73. The molecule has 0 aromatic heterocycles. The molecular formula is C21H23FO2. The van der Waals surface area contributed by atoms with E-state index in [4.69, 9.17) is 9.47 Å². The van der Waals surface area contributed by atoms with E-state index >= 15 is 0 Å². The molecule has 24 heavy (non-hydrogen) atoms. The lowest BCUT2D eigenvalue weighted by Gasteiger charge is -2.27. The number of hydrogen-bond acceptors (Lipinski definition) is 2. The van der Waals surface area contributed by atoms with E-state index in [9.17, 15) is 4.39 Å². The minimum atomic E-state index is -0.329. The molecule has 1 aliphatic rings. The Morgan fingerprint density at radius 3 is 2.50 bits per heavy atom. The van der Waals surface area contributed by atoms with Crippen LogP contribution in [0.25, 0.3) is 11.1 Å². The molecule has 2 unspecified atom stereocenters. The largest absolute Gasteiger partial charge is 0.491 e. The van der Waals surface area contributed by atoms with Crippen molar-refractivity contribution in [2.24, 2.45) is 5.92 Å². The molecule has 2 aromatic carbocycles. The normalized spacial score (nSPS) is 20.6. The number of halogens is 1. The van der Waals surface area contributed by atoms with E-state index in [1.807, 2.05) is 31.2 Å². The average molecular weight is 326 g/mol. The van der Waals surface area contributed by atoms with E-state index in [1.54, 1.807) is 6.07 Å². The van der Waals surface area contributed by atoms with E-state index in [0.29, 0.717) is 18.3 Å². The van der Waals surface area contributed by atoms with Gasteiger partial charge >= 0.3 is 0 Å². The van der Waals surface area contributed by atoms with E-state index in [-0.39, 0.29) is 11.9 Å². The first-order valence-corrected chi connectivity index (χ1v) is 8.48. The van der Waals surface area contributed by atoms with Crippen LogP contribution in [0.1, 0.15) is 31.4 Å². The maximum atomic E-state index is 14.0. The van der Waals surface area contributed by atoms with Crippen molar-refractivity contribution in [2.45, 2.75) is 25.9 Å². The predicted molar refractivity (Wildman–Crippen MR) is 94.6 cm³/mol. The highest BCUT2D eigenvalue weighted by molar-refractivity contribution is 5.64. The van der Waals surface area contributed by atoms with Gasteiger partial charge in [-0.05, 0) is 48.6 Å². The predicted octanol–water partition coefficient (Wildman–Crippen LogP) is 5.55. The van der Waals surface area contributed by atoms with Crippen LogP contribution in [0.3, 0.4) is 0 Å². The summed E-state index contributed by atoms with van der Waals surface area (Å²) >= 11 is 0. The summed E-state index contributed by atoms with van der Waals surface area (Å²) in [6, 6.07) is 13.3. The first-order chi connectivity index (χ1) is 11.7. The molecule has 126 valence electrons. The summed E-state index contributed by atoms with van der Waals surface area (Å²) in [7, 11) is 0. The second-order valence-corrected chi connectivity index (χ2v) is 6.10. The first-order valence-electron chi connectivity index (χ1n) is 8.48. The summed E-state index contributed by atoms with van der Waals surface area (Å²) in [4.78, 5) is 0. The van der Waals surface area contributed by atoms with E-state index in [2.05, 4.69) is 18.7 Å². The lowest BCUT2D eigenvalue weighted by Crippen LogP contribution is -2.19. The highest BCUT2D eigenvalue weighted by Gasteiger charge is 2.21. The summed E-state index contributed by atoms with van der Waals surface area (Å²) in [5, 5.41) is 0. The molecule has 0 N–H and O–H groups in total. The van der Waals surface area contributed by atoms with Gasteiger partial charge in [-0.2, -0.15) is 0 Å². The lowest BCUT2D eigenvalue weighted by molar-refractivity contribution is -0.00513. The zero-order valence-electron chi connectivity index (χ0n) is 14.0. The van der Waals surface area contributed by atoms with Gasteiger partial charge in [0, 0.05) is 5.92 Å². The van der Waals surface area contributed by atoms with Crippen LogP contribution >= 0.6 is 0 Å². The number of rotatable bonds is 5. The molecular weight excluding hydrogens is 303 g/mol. The van der Waals surface area contributed by atoms with Gasteiger partial charge in [-0.15, -0.1) is 6.58 Å². The molecule has 1 aliphatic heterocycles. The van der Waals surface area contributed by atoms with Crippen molar-refractivity contribution in [3.8, 4) is 16.9 Å². The molecule has 3 heteroatoms. The van der Waals surface area contributed by atoms with Crippen molar-refractivity contribution in [1.29, 1.82) is 0 Å². The van der Waals surface area contributed by atoms with Gasteiger partial charge in [0.05, 0.1) is 19.3 Å². The fourth-order valence-electron chi connectivity index (χ4n) is 3.06. The minimum Gasteiger partial charge on any atom is -0.491 e. The summed E-state index contributed by atoms with van der Waals surface area (Å²) in [6.45, 7) is 6.87. The molecule has 0 saturated carbocycles. The molecule has 1 heterocycles. The summed E-state index contributed by atoms with van der Waals surface area (Å²) in [5.41, 5.74) is 3.01. The van der Waals surface area contributed by atoms with Gasteiger partial charge in [0.25, 0.3) is 0 Å². The van der Waals surface area contributed by atoms with Gasteiger partial charge in [0.1, 0.15) is 0 Å². The maximum Gasteiger partial charge on any atom is 0.165 e. The van der Waals surface area contributed by atoms with E-state index in [1.165, 1.54) is 11.6 Å². The fourth-order valence-corrected chi connectivity index (χ4v) is 3.06. The highest BCUT2D eigenvalue weighted by Crippen LogP contribution is 2.32. The van der Waals surface area contributed by atoms with Gasteiger partial charge in [0.2, 0.25) is 0 Å². The van der Waals surface area contributed by atoms with Gasteiger partial charge in [0.15, 0.2) is 11.6 Å². The number of ether oxygens (including phenoxy) is 2.